The number of hydrogen-bond acceptors (Lipinski definition) is 6. The fraction of sp³-hybridized carbons (Fsp3) is 0.500. The highest BCUT2D eigenvalue weighted by Crippen LogP contribution is 2.42. The summed E-state index contributed by atoms with van der Waals surface area (Å²) in [6, 6.07) is 2.14. The van der Waals surface area contributed by atoms with Gasteiger partial charge in [-0.2, -0.15) is 0 Å². The van der Waals surface area contributed by atoms with E-state index in [2.05, 4.69) is 17.2 Å². The Kier molecular flexibility index (Phi) is 4.80. The Hall–Kier alpha value is -2.81. The second kappa shape index (κ2) is 7.40. The highest BCUT2D eigenvalue weighted by Gasteiger charge is 2.42. The number of aromatic nitrogens is 2. The van der Waals surface area contributed by atoms with Crippen LogP contribution < -0.4 is 10.2 Å². The molecule has 0 bridgehead atoms. The number of amides is 3. The van der Waals surface area contributed by atoms with Crippen molar-refractivity contribution in [3.63, 3.8) is 0 Å². The minimum atomic E-state index is -0.180. The van der Waals surface area contributed by atoms with Crippen molar-refractivity contribution >= 4 is 40.0 Å². The molecule has 1 aliphatic carbocycles. The van der Waals surface area contributed by atoms with Crippen LogP contribution in [-0.4, -0.2) is 45.2 Å². The van der Waals surface area contributed by atoms with E-state index in [1.54, 1.807) is 4.90 Å². The van der Waals surface area contributed by atoms with Gasteiger partial charge in [0.1, 0.15) is 5.82 Å². The highest BCUT2D eigenvalue weighted by atomic mass is 32.1. The van der Waals surface area contributed by atoms with Crippen molar-refractivity contribution < 1.29 is 14.4 Å². The number of hydrogen-bond donors (Lipinski definition) is 1. The van der Waals surface area contributed by atoms with Crippen LogP contribution in [0.5, 0.6) is 0 Å². The minimum Gasteiger partial charge on any atom is -0.331 e. The molecule has 0 radical (unpaired) electrons. The van der Waals surface area contributed by atoms with E-state index in [9.17, 15) is 14.4 Å². The summed E-state index contributed by atoms with van der Waals surface area (Å²) in [6.07, 6.45) is 3.56. The Morgan fingerprint density at radius 2 is 2.06 bits per heavy atom. The number of carbonyl (C=O) groups excluding carboxylic acids is 3. The Bertz CT molecular complexity index is 1110. The SMILES string of the molecule is CC(=O)Nc1nc(C)c(-c2cc3c(c(N4CCCC4=O)n2)C(=O)N([C@@H](C)C2CC2)C3)s1. The van der Waals surface area contributed by atoms with Crippen molar-refractivity contribution in [1.82, 2.24) is 14.9 Å². The summed E-state index contributed by atoms with van der Waals surface area (Å²) in [6.45, 7) is 6.55. The van der Waals surface area contributed by atoms with Gasteiger partial charge in [0.05, 0.1) is 21.8 Å². The van der Waals surface area contributed by atoms with E-state index in [1.165, 1.54) is 18.3 Å². The smallest absolute Gasteiger partial charge is 0.258 e. The number of thiazole rings is 1. The first-order valence-electron chi connectivity index (χ1n) is 10.7. The van der Waals surface area contributed by atoms with Gasteiger partial charge in [0, 0.05) is 32.5 Å². The molecule has 1 atom stereocenters. The maximum Gasteiger partial charge on any atom is 0.258 e. The maximum atomic E-state index is 13.4. The van der Waals surface area contributed by atoms with Crippen molar-refractivity contribution in [3.8, 4) is 10.6 Å². The molecule has 0 aromatic carbocycles. The Morgan fingerprint density at radius 3 is 2.71 bits per heavy atom. The molecule has 31 heavy (non-hydrogen) atoms. The third-order valence-electron chi connectivity index (χ3n) is 6.33. The predicted octanol–water partition coefficient (Wildman–Crippen LogP) is 3.35. The number of nitrogens with zero attached hydrogens (tertiary/aromatic N) is 4. The van der Waals surface area contributed by atoms with Crippen LogP contribution in [-0.2, 0) is 16.1 Å². The first kappa shape index (κ1) is 20.1. The Balaban J connectivity index is 1.60. The Labute approximate surface area is 184 Å². The molecular formula is C22H25N5O3S. The van der Waals surface area contributed by atoms with Gasteiger partial charge < -0.3 is 10.2 Å². The van der Waals surface area contributed by atoms with Crippen molar-refractivity contribution in [1.29, 1.82) is 0 Å². The summed E-state index contributed by atoms with van der Waals surface area (Å²) in [7, 11) is 0. The van der Waals surface area contributed by atoms with Gasteiger partial charge in [-0.15, -0.1) is 0 Å². The number of rotatable bonds is 5. The average Bonchev–Trinajstić information content (AvgIpc) is 3.26. The van der Waals surface area contributed by atoms with Gasteiger partial charge >= 0.3 is 0 Å². The number of fused-ring (bicyclic) bond motifs is 1. The number of anilines is 2. The normalized spacial score (nSPS) is 19.2. The van der Waals surface area contributed by atoms with E-state index in [0.29, 0.717) is 47.6 Å². The summed E-state index contributed by atoms with van der Waals surface area (Å²) in [4.78, 5) is 51.1. The van der Waals surface area contributed by atoms with Crippen molar-refractivity contribution in [2.45, 2.75) is 59.0 Å². The van der Waals surface area contributed by atoms with Crippen LogP contribution in [0.1, 0.15) is 61.1 Å². The Morgan fingerprint density at radius 1 is 1.29 bits per heavy atom. The summed E-state index contributed by atoms with van der Waals surface area (Å²) < 4.78 is 0. The van der Waals surface area contributed by atoms with E-state index in [0.717, 1.165) is 35.4 Å². The first-order chi connectivity index (χ1) is 14.8. The van der Waals surface area contributed by atoms with Gasteiger partial charge in [-0.1, -0.05) is 11.3 Å². The van der Waals surface area contributed by atoms with Crippen LogP contribution in [0.15, 0.2) is 6.07 Å². The van der Waals surface area contributed by atoms with Crippen LogP contribution in [0.4, 0.5) is 10.9 Å². The summed E-state index contributed by atoms with van der Waals surface area (Å²) >= 11 is 1.35. The minimum absolute atomic E-state index is 0.00769. The van der Waals surface area contributed by atoms with E-state index in [1.807, 2.05) is 17.9 Å². The number of nitrogens with one attached hydrogen (secondary N) is 1. The van der Waals surface area contributed by atoms with Crippen LogP contribution >= 0.6 is 11.3 Å². The molecule has 2 aromatic heterocycles. The molecule has 2 aliphatic heterocycles. The maximum absolute atomic E-state index is 13.4. The lowest BCUT2D eigenvalue weighted by Gasteiger charge is -2.24. The number of aryl methyl sites for hydroxylation is 1. The van der Waals surface area contributed by atoms with Crippen molar-refractivity contribution in [2.24, 2.45) is 5.92 Å². The second-order valence-electron chi connectivity index (χ2n) is 8.64. The number of carbonyl (C=O) groups is 3. The number of pyridine rings is 1. The topological polar surface area (TPSA) is 95.5 Å². The van der Waals surface area contributed by atoms with Crippen molar-refractivity contribution in [3.05, 3.63) is 22.9 Å². The average molecular weight is 440 g/mol. The summed E-state index contributed by atoms with van der Waals surface area (Å²) in [5.74, 6) is 0.836. The van der Waals surface area contributed by atoms with E-state index in [-0.39, 0.29) is 23.8 Å². The zero-order valence-corrected chi connectivity index (χ0v) is 18.7. The lowest BCUT2D eigenvalue weighted by molar-refractivity contribution is -0.117. The lowest BCUT2D eigenvalue weighted by Crippen LogP contribution is -2.35. The van der Waals surface area contributed by atoms with Crippen LogP contribution in [0.3, 0.4) is 0 Å². The molecule has 1 saturated heterocycles. The van der Waals surface area contributed by atoms with Crippen LogP contribution in [0, 0.1) is 12.8 Å². The molecule has 1 saturated carbocycles. The van der Waals surface area contributed by atoms with E-state index < -0.39 is 0 Å². The molecule has 0 unspecified atom stereocenters. The second-order valence-corrected chi connectivity index (χ2v) is 9.64. The van der Waals surface area contributed by atoms with Gasteiger partial charge in [-0.25, -0.2) is 9.97 Å². The summed E-state index contributed by atoms with van der Waals surface area (Å²) in [5, 5.41) is 3.24. The monoisotopic (exact) mass is 439 g/mol. The summed E-state index contributed by atoms with van der Waals surface area (Å²) in [5.41, 5.74) is 2.92. The molecule has 9 heteroatoms. The third kappa shape index (κ3) is 3.50. The van der Waals surface area contributed by atoms with Crippen molar-refractivity contribution in [2.75, 3.05) is 16.8 Å². The van der Waals surface area contributed by atoms with Gasteiger partial charge in [0.25, 0.3) is 5.91 Å². The van der Waals surface area contributed by atoms with Gasteiger partial charge in [-0.05, 0) is 50.7 Å². The zero-order valence-electron chi connectivity index (χ0n) is 17.9. The fourth-order valence-electron chi connectivity index (χ4n) is 4.52. The molecule has 3 aliphatic rings. The van der Waals surface area contributed by atoms with Gasteiger partial charge in [0.2, 0.25) is 11.8 Å². The standard InChI is InChI=1S/C22H25N5O3S/c1-11-19(31-22(23-11)24-13(3)28)16-9-15-10-27(12(2)14-6-7-14)21(30)18(15)20(25-16)26-8-4-5-17(26)29/h9,12,14H,4-8,10H2,1-3H3,(H,23,24,28)/t12-/m0/s1. The molecule has 2 fully saturated rings. The fourth-order valence-corrected chi connectivity index (χ4v) is 5.50. The highest BCUT2D eigenvalue weighted by molar-refractivity contribution is 7.19. The molecule has 3 amide bonds. The predicted molar refractivity (Wildman–Crippen MR) is 118 cm³/mol. The first-order valence-corrected chi connectivity index (χ1v) is 11.6. The van der Waals surface area contributed by atoms with Gasteiger partial charge in [-0.3, -0.25) is 19.3 Å². The molecule has 162 valence electrons. The van der Waals surface area contributed by atoms with E-state index in [4.69, 9.17) is 4.98 Å². The zero-order chi connectivity index (χ0) is 21.9. The molecule has 1 N–H and O–H groups in total. The van der Waals surface area contributed by atoms with Gasteiger partial charge in [0.15, 0.2) is 5.13 Å². The molecule has 4 heterocycles. The molecule has 0 spiro atoms. The third-order valence-corrected chi connectivity index (χ3v) is 7.43. The molecule has 8 nitrogen and oxygen atoms in total. The van der Waals surface area contributed by atoms with Crippen LogP contribution in [0.25, 0.3) is 10.6 Å². The largest absolute Gasteiger partial charge is 0.331 e. The van der Waals surface area contributed by atoms with E-state index >= 15 is 0 Å². The quantitative estimate of drug-likeness (QED) is 0.771. The lowest BCUT2D eigenvalue weighted by atomic mass is 10.1. The molecule has 2 aromatic rings. The molecule has 5 rings (SSSR count). The molecular weight excluding hydrogens is 414 g/mol. The van der Waals surface area contributed by atoms with Crippen LogP contribution in [0.2, 0.25) is 0 Å².